The van der Waals surface area contributed by atoms with E-state index in [2.05, 4.69) is 0 Å². The fraction of sp³-hybridized carbons (Fsp3) is 0. The molecule has 1 aliphatic rings. The molecule has 2 N–H and O–H groups in total. The predicted molar refractivity (Wildman–Crippen MR) is 28.3 cm³/mol. The topological polar surface area (TPSA) is 98.3 Å². The first-order chi connectivity index (χ1) is 4.49. The van der Waals surface area contributed by atoms with E-state index in [0.29, 0.717) is 6.08 Å². The Morgan fingerprint density at radius 3 is 2.40 bits per heavy atom. The lowest BCUT2D eigenvalue weighted by molar-refractivity contribution is -0.308. The van der Waals surface area contributed by atoms with Crippen LogP contribution >= 0.6 is 0 Å². The number of hydrogen-bond acceptors (Lipinski definition) is 4. The first kappa shape index (κ1) is 6.87. The second kappa shape index (κ2) is 1.87. The molecule has 0 fully saturated rings. The number of nitrogens with one attached hydrogen (secondary N) is 2. The third kappa shape index (κ3) is 1.38. The molecule has 0 aromatic heterocycles. The van der Waals surface area contributed by atoms with E-state index in [4.69, 9.17) is 0 Å². The SMILES string of the molecule is O=C1C=C([O-])NS(=O)(=O)N1. The normalized spacial score (nSPS) is 22.4. The van der Waals surface area contributed by atoms with Gasteiger partial charge in [-0.15, -0.1) is 0 Å². The van der Waals surface area contributed by atoms with Gasteiger partial charge in [0.05, 0.1) is 0 Å². The van der Waals surface area contributed by atoms with Crippen molar-refractivity contribution in [2.45, 2.75) is 0 Å². The van der Waals surface area contributed by atoms with Crippen molar-refractivity contribution >= 4 is 16.1 Å². The highest BCUT2D eigenvalue weighted by atomic mass is 32.2. The lowest BCUT2D eigenvalue weighted by Gasteiger charge is -2.18. The van der Waals surface area contributed by atoms with Crippen molar-refractivity contribution in [3.63, 3.8) is 0 Å². The van der Waals surface area contributed by atoms with E-state index in [1.807, 2.05) is 0 Å². The summed E-state index contributed by atoms with van der Waals surface area (Å²) in [5.74, 6) is -1.85. The second-order valence-electron chi connectivity index (χ2n) is 1.58. The molecule has 0 unspecified atom stereocenters. The highest BCUT2D eigenvalue weighted by molar-refractivity contribution is 7.88. The van der Waals surface area contributed by atoms with Crippen LogP contribution in [0.3, 0.4) is 0 Å². The van der Waals surface area contributed by atoms with E-state index in [-0.39, 0.29) is 0 Å². The zero-order chi connectivity index (χ0) is 7.78. The monoisotopic (exact) mass is 163 g/mol. The van der Waals surface area contributed by atoms with Gasteiger partial charge >= 0.3 is 10.2 Å². The molecule has 6 nitrogen and oxygen atoms in total. The van der Waals surface area contributed by atoms with Crippen LogP contribution in [-0.4, -0.2) is 14.3 Å². The third-order valence-electron chi connectivity index (χ3n) is 0.732. The Morgan fingerprint density at radius 2 is 2.00 bits per heavy atom. The first-order valence-corrected chi connectivity index (χ1v) is 3.71. The summed E-state index contributed by atoms with van der Waals surface area (Å²) >= 11 is 0. The largest absolute Gasteiger partial charge is 0.860 e. The summed E-state index contributed by atoms with van der Waals surface area (Å²) in [6.07, 6.45) is 0.612. The minimum Gasteiger partial charge on any atom is -0.860 e. The summed E-state index contributed by atoms with van der Waals surface area (Å²) in [6, 6.07) is 0. The van der Waals surface area contributed by atoms with Gasteiger partial charge in [-0.1, -0.05) is 0 Å². The first-order valence-electron chi connectivity index (χ1n) is 2.23. The van der Waals surface area contributed by atoms with E-state index >= 15 is 0 Å². The van der Waals surface area contributed by atoms with Crippen molar-refractivity contribution < 1.29 is 18.3 Å². The highest BCUT2D eigenvalue weighted by Crippen LogP contribution is 1.90. The minimum absolute atomic E-state index is 0.612. The summed E-state index contributed by atoms with van der Waals surface area (Å²) in [5.41, 5.74) is 0. The maximum atomic E-state index is 10.4. The van der Waals surface area contributed by atoms with Crippen LogP contribution in [0.4, 0.5) is 0 Å². The van der Waals surface area contributed by atoms with Crippen LogP contribution in [0.1, 0.15) is 0 Å². The van der Waals surface area contributed by atoms with Crippen molar-refractivity contribution in [3.8, 4) is 0 Å². The summed E-state index contributed by atoms with van der Waals surface area (Å²) < 4.78 is 23.8. The molecular weight excluding hydrogens is 160 g/mol. The van der Waals surface area contributed by atoms with Gasteiger partial charge in [0.1, 0.15) is 0 Å². The van der Waals surface area contributed by atoms with Crippen LogP contribution in [-0.2, 0) is 15.0 Å². The van der Waals surface area contributed by atoms with Gasteiger partial charge < -0.3 is 5.11 Å². The molecule has 0 saturated carbocycles. The van der Waals surface area contributed by atoms with E-state index in [0.717, 1.165) is 0 Å². The Morgan fingerprint density at radius 1 is 1.40 bits per heavy atom. The Hall–Kier alpha value is -1.24. The van der Waals surface area contributed by atoms with E-state index in [1.165, 1.54) is 9.44 Å². The number of carbonyl (C=O) groups is 1. The maximum absolute atomic E-state index is 10.4. The number of amides is 1. The number of rotatable bonds is 0. The van der Waals surface area contributed by atoms with Crippen LogP contribution in [0, 0.1) is 0 Å². The quantitative estimate of drug-likeness (QED) is 0.401. The molecule has 7 heteroatoms. The van der Waals surface area contributed by atoms with E-state index in [9.17, 15) is 18.3 Å². The van der Waals surface area contributed by atoms with Crippen LogP contribution in [0.15, 0.2) is 12.0 Å². The molecule has 1 rings (SSSR count). The average molecular weight is 163 g/mol. The van der Waals surface area contributed by atoms with Crippen LogP contribution in [0.5, 0.6) is 0 Å². The Bertz CT molecular complexity index is 290. The molecule has 0 spiro atoms. The van der Waals surface area contributed by atoms with Crippen LogP contribution < -0.4 is 14.6 Å². The third-order valence-corrected chi connectivity index (χ3v) is 1.67. The van der Waals surface area contributed by atoms with Gasteiger partial charge in [-0.25, -0.2) is 4.72 Å². The molecule has 0 atom stereocenters. The second-order valence-corrected chi connectivity index (χ2v) is 3.00. The fourth-order valence-electron chi connectivity index (χ4n) is 0.468. The van der Waals surface area contributed by atoms with Gasteiger partial charge in [0.25, 0.3) is 5.91 Å². The van der Waals surface area contributed by atoms with E-state index < -0.39 is 22.0 Å². The molecule has 0 radical (unpaired) electrons. The summed E-state index contributed by atoms with van der Waals surface area (Å²) in [7, 11) is -3.91. The molecule has 1 aliphatic heterocycles. The molecule has 1 heterocycles. The lowest BCUT2D eigenvalue weighted by Crippen LogP contribution is -2.46. The van der Waals surface area contributed by atoms with Crippen molar-refractivity contribution in [2.75, 3.05) is 0 Å². The van der Waals surface area contributed by atoms with Gasteiger partial charge in [0.2, 0.25) is 0 Å². The zero-order valence-electron chi connectivity index (χ0n) is 4.62. The lowest BCUT2D eigenvalue weighted by atomic mass is 10.6. The molecule has 0 bridgehead atoms. The molecule has 0 aliphatic carbocycles. The maximum Gasteiger partial charge on any atom is 0.322 e. The molecule has 10 heavy (non-hydrogen) atoms. The Kier molecular flexibility index (Phi) is 1.29. The van der Waals surface area contributed by atoms with Crippen molar-refractivity contribution in [1.29, 1.82) is 0 Å². The molecular formula is C3H3N2O4S-. The molecule has 0 aromatic rings. The van der Waals surface area contributed by atoms with Gasteiger partial charge in [-0.3, -0.25) is 9.52 Å². The van der Waals surface area contributed by atoms with Crippen molar-refractivity contribution in [2.24, 2.45) is 0 Å². The van der Waals surface area contributed by atoms with Gasteiger partial charge in [0, 0.05) is 6.08 Å². The molecule has 0 aromatic carbocycles. The highest BCUT2D eigenvalue weighted by Gasteiger charge is 2.15. The van der Waals surface area contributed by atoms with Gasteiger partial charge in [-0.05, 0) is 5.88 Å². The fourth-order valence-corrected chi connectivity index (χ4v) is 1.17. The standard InChI is InChI=1S/C3H4N2O4S/c6-2-1-3(7)5-10(8,9)4-2/h1,4,6H,(H,5,7)/p-1. The Labute approximate surface area is 56.7 Å². The predicted octanol–water partition coefficient (Wildman–Crippen LogP) is -2.85. The Balaban J connectivity index is 3.02. The summed E-state index contributed by atoms with van der Waals surface area (Å²) in [6.45, 7) is 0. The smallest absolute Gasteiger partial charge is 0.322 e. The zero-order valence-corrected chi connectivity index (χ0v) is 5.44. The molecule has 1 amide bonds. The van der Waals surface area contributed by atoms with Crippen LogP contribution in [0.2, 0.25) is 0 Å². The van der Waals surface area contributed by atoms with Crippen LogP contribution in [0.25, 0.3) is 0 Å². The molecule has 56 valence electrons. The van der Waals surface area contributed by atoms with Gasteiger partial charge in [0.15, 0.2) is 0 Å². The summed E-state index contributed by atoms with van der Waals surface area (Å²) in [5, 5.41) is 10.3. The molecule has 0 saturated heterocycles. The summed E-state index contributed by atoms with van der Waals surface area (Å²) in [4.78, 5) is 10.3. The minimum atomic E-state index is -3.91. The van der Waals surface area contributed by atoms with Crippen molar-refractivity contribution in [1.82, 2.24) is 9.44 Å². The number of hydrogen-bond donors (Lipinski definition) is 2. The van der Waals surface area contributed by atoms with E-state index in [1.54, 1.807) is 0 Å². The van der Waals surface area contributed by atoms with Gasteiger partial charge in [-0.2, -0.15) is 8.42 Å². The average Bonchev–Trinajstić information content (AvgIpc) is 1.54. The number of carbonyl (C=O) groups excluding carboxylic acids is 1. The van der Waals surface area contributed by atoms with Crippen molar-refractivity contribution in [3.05, 3.63) is 12.0 Å².